The molecule has 2 amide bonds. The number of Topliss-reactive ketones (excluding diaryl/α,β-unsaturated/α-hetero) is 1. The van der Waals surface area contributed by atoms with Gasteiger partial charge in [-0.05, 0) is 18.2 Å². The molecule has 144 valence electrons. The van der Waals surface area contributed by atoms with Crippen molar-refractivity contribution < 1.29 is 19.5 Å². The van der Waals surface area contributed by atoms with Crippen molar-refractivity contribution in [3.05, 3.63) is 41.5 Å². The Morgan fingerprint density at radius 3 is 2.67 bits per heavy atom. The molecular formula is C18H23N5O4. The smallest absolute Gasteiger partial charge is 0.296 e. The second kappa shape index (κ2) is 7.36. The fourth-order valence-corrected chi connectivity index (χ4v) is 3.03. The van der Waals surface area contributed by atoms with Crippen molar-refractivity contribution in [1.82, 2.24) is 24.1 Å². The Morgan fingerprint density at radius 1 is 1.30 bits per heavy atom. The second-order valence-electron chi connectivity index (χ2n) is 6.85. The van der Waals surface area contributed by atoms with Crippen molar-refractivity contribution in [3.8, 4) is 0 Å². The highest BCUT2D eigenvalue weighted by atomic mass is 16.3. The molecule has 0 radical (unpaired) electrons. The maximum atomic E-state index is 12.6. The van der Waals surface area contributed by atoms with Gasteiger partial charge in [0.05, 0.1) is 36.6 Å². The molecule has 0 unspecified atom stereocenters. The Balaban J connectivity index is 1.70. The lowest BCUT2D eigenvalue weighted by atomic mass is 10.1. The molecule has 1 atom stereocenters. The van der Waals surface area contributed by atoms with E-state index < -0.39 is 17.8 Å². The zero-order valence-corrected chi connectivity index (χ0v) is 15.6. The minimum Gasteiger partial charge on any atom is -0.386 e. The van der Waals surface area contributed by atoms with Crippen LogP contribution in [0.1, 0.15) is 34.4 Å². The van der Waals surface area contributed by atoms with Crippen molar-refractivity contribution in [2.24, 2.45) is 7.05 Å². The summed E-state index contributed by atoms with van der Waals surface area (Å²) in [5, 5.41) is 14.6. The van der Waals surface area contributed by atoms with Gasteiger partial charge < -0.3 is 19.5 Å². The molecule has 9 nitrogen and oxygen atoms in total. The summed E-state index contributed by atoms with van der Waals surface area (Å²) in [6.07, 6.45) is 0.652. The first-order valence-electron chi connectivity index (χ1n) is 8.67. The third-order valence-corrected chi connectivity index (χ3v) is 4.68. The largest absolute Gasteiger partial charge is 0.386 e. The predicted octanol–water partition coefficient (Wildman–Crippen LogP) is -0.0416. The number of ketones is 1. The number of nitrogens with zero attached hydrogens (tertiary/aromatic N) is 5. The van der Waals surface area contributed by atoms with Gasteiger partial charge in [0.2, 0.25) is 5.91 Å². The van der Waals surface area contributed by atoms with E-state index in [0.717, 1.165) is 5.69 Å². The topological polar surface area (TPSA) is 101 Å². The molecule has 3 rings (SSSR count). The van der Waals surface area contributed by atoms with Gasteiger partial charge in [-0.2, -0.15) is 5.10 Å². The molecule has 1 aliphatic rings. The van der Waals surface area contributed by atoms with E-state index in [1.807, 2.05) is 0 Å². The Bertz CT molecular complexity index is 882. The zero-order valence-electron chi connectivity index (χ0n) is 15.6. The number of aryl methyl sites for hydroxylation is 1. The van der Waals surface area contributed by atoms with Crippen LogP contribution in [0.2, 0.25) is 0 Å². The van der Waals surface area contributed by atoms with Crippen molar-refractivity contribution in [3.63, 3.8) is 0 Å². The van der Waals surface area contributed by atoms with Crippen molar-refractivity contribution in [1.29, 1.82) is 0 Å². The van der Waals surface area contributed by atoms with E-state index in [-0.39, 0.29) is 18.9 Å². The van der Waals surface area contributed by atoms with Crippen LogP contribution in [-0.2, 0) is 29.7 Å². The summed E-state index contributed by atoms with van der Waals surface area (Å²) in [4.78, 5) is 39.6. The zero-order chi connectivity index (χ0) is 19.7. The molecule has 0 saturated heterocycles. The first-order chi connectivity index (χ1) is 12.8. The summed E-state index contributed by atoms with van der Waals surface area (Å²) in [5.41, 5.74) is 1.46. The molecule has 2 aromatic rings. The Morgan fingerprint density at radius 2 is 2.04 bits per heavy atom. The first kappa shape index (κ1) is 18.8. The number of carbonyl (C=O) groups is 3. The lowest BCUT2D eigenvalue weighted by Crippen LogP contribution is -2.42. The third-order valence-electron chi connectivity index (χ3n) is 4.68. The van der Waals surface area contributed by atoms with E-state index in [4.69, 9.17) is 0 Å². The highest BCUT2D eigenvalue weighted by molar-refractivity contribution is 6.42. The van der Waals surface area contributed by atoms with Gasteiger partial charge in [-0.25, -0.2) is 0 Å². The molecule has 0 fully saturated rings. The summed E-state index contributed by atoms with van der Waals surface area (Å²) in [6, 6.07) is 5.01. The van der Waals surface area contributed by atoms with E-state index in [1.165, 1.54) is 9.80 Å². The van der Waals surface area contributed by atoms with Crippen LogP contribution in [0.3, 0.4) is 0 Å². The molecule has 27 heavy (non-hydrogen) atoms. The van der Waals surface area contributed by atoms with E-state index in [1.54, 1.807) is 54.8 Å². The predicted molar refractivity (Wildman–Crippen MR) is 95.7 cm³/mol. The Labute approximate surface area is 156 Å². The van der Waals surface area contributed by atoms with E-state index in [0.29, 0.717) is 24.5 Å². The number of fused-ring (bicyclic) bond motifs is 1. The van der Waals surface area contributed by atoms with Gasteiger partial charge in [0.1, 0.15) is 6.10 Å². The van der Waals surface area contributed by atoms with Gasteiger partial charge in [-0.15, -0.1) is 0 Å². The van der Waals surface area contributed by atoms with Crippen LogP contribution in [0.4, 0.5) is 0 Å². The van der Waals surface area contributed by atoms with Crippen LogP contribution >= 0.6 is 0 Å². The SMILES string of the molecule is CN(C)C(=O)C[C@H](O)c1cc2n(n1)CCN(C(=O)C(=O)c1cccn1C)C2. The van der Waals surface area contributed by atoms with E-state index >= 15 is 0 Å². The number of aliphatic hydroxyl groups is 1. The lowest BCUT2D eigenvalue weighted by Gasteiger charge is -2.27. The monoisotopic (exact) mass is 373 g/mol. The molecule has 0 bridgehead atoms. The van der Waals surface area contributed by atoms with Gasteiger partial charge in [0.25, 0.3) is 11.7 Å². The van der Waals surface area contributed by atoms with Crippen molar-refractivity contribution in [2.45, 2.75) is 25.6 Å². The first-order valence-corrected chi connectivity index (χ1v) is 8.67. The second-order valence-corrected chi connectivity index (χ2v) is 6.85. The average molecular weight is 373 g/mol. The van der Waals surface area contributed by atoms with Crippen LogP contribution in [0.15, 0.2) is 24.4 Å². The summed E-state index contributed by atoms with van der Waals surface area (Å²) in [6.45, 7) is 1.02. The van der Waals surface area contributed by atoms with Crippen molar-refractivity contribution in [2.75, 3.05) is 20.6 Å². The van der Waals surface area contributed by atoms with Crippen LogP contribution in [-0.4, -0.2) is 67.5 Å². The third kappa shape index (κ3) is 3.77. The standard InChI is InChI=1S/C18H23N5O4/c1-20(2)16(25)10-15(24)13-9-12-11-22(7-8-23(12)19-13)18(27)17(26)14-5-4-6-21(14)3/h4-6,9,15,24H,7-8,10-11H2,1-3H3/t15-/m0/s1. The van der Waals surface area contributed by atoms with Gasteiger partial charge in [0.15, 0.2) is 0 Å². The van der Waals surface area contributed by atoms with Crippen LogP contribution in [0.5, 0.6) is 0 Å². The molecule has 1 N–H and O–H groups in total. The quantitative estimate of drug-likeness (QED) is 0.585. The molecule has 0 spiro atoms. The summed E-state index contributed by atoms with van der Waals surface area (Å²) in [5.74, 6) is -1.31. The lowest BCUT2D eigenvalue weighted by molar-refractivity contribution is -0.131. The van der Waals surface area contributed by atoms with Gasteiger partial charge in [-0.1, -0.05) is 0 Å². The number of aromatic nitrogens is 3. The van der Waals surface area contributed by atoms with E-state index in [9.17, 15) is 19.5 Å². The van der Waals surface area contributed by atoms with Gasteiger partial charge in [-0.3, -0.25) is 19.1 Å². The molecular weight excluding hydrogens is 350 g/mol. The fraction of sp³-hybridized carbons (Fsp3) is 0.444. The van der Waals surface area contributed by atoms with Gasteiger partial charge in [0, 0.05) is 33.9 Å². The molecule has 1 aliphatic heterocycles. The van der Waals surface area contributed by atoms with Crippen LogP contribution in [0, 0.1) is 0 Å². The average Bonchev–Trinajstić information content (AvgIpc) is 3.25. The van der Waals surface area contributed by atoms with Gasteiger partial charge >= 0.3 is 0 Å². The minimum atomic E-state index is -1.01. The Kier molecular flexibility index (Phi) is 5.13. The maximum absolute atomic E-state index is 12.6. The van der Waals surface area contributed by atoms with E-state index in [2.05, 4.69) is 5.10 Å². The molecule has 3 heterocycles. The summed E-state index contributed by atoms with van der Waals surface area (Å²) >= 11 is 0. The number of amides is 2. The number of carbonyl (C=O) groups excluding carboxylic acids is 3. The molecule has 9 heteroatoms. The fourth-order valence-electron chi connectivity index (χ4n) is 3.03. The van der Waals surface area contributed by atoms with Crippen molar-refractivity contribution >= 4 is 17.6 Å². The molecule has 2 aromatic heterocycles. The summed E-state index contributed by atoms with van der Waals surface area (Å²) < 4.78 is 3.32. The number of hydrogen-bond donors (Lipinski definition) is 1. The van der Waals surface area contributed by atoms with Crippen LogP contribution < -0.4 is 0 Å². The van der Waals surface area contributed by atoms with Crippen LogP contribution in [0.25, 0.3) is 0 Å². The minimum absolute atomic E-state index is 0.0575. The highest BCUT2D eigenvalue weighted by Crippen LogP contribution is 2.21. The number of rotatable bonds is 5. The molecule has 0 aromatic carbocycles. The number of aliphatic hydroxyl groups excluding tert-OH is 1. The molecule has 0 aliphatic carbocycles. The Hall–Kier alpha value is -2.94. The maximum Gasteiger partial charge on any atom is 0.296 e. The number of hydrogen-bond acceptors (Lipinski definition) is 5. The summed E-state index contributed by atoms with van der Waals surface area (Å²) in [7, 11) is 4.97. The normalized spacial score (nSPS) is 14.6. The molecule has 0 saturated carbocycles. The highest BCUT2D eigenvalue weighted by Gasteiger charge is 2.29.